The number of ether oxygens (including phenoxy) is 2. The molecule has 0 aromatic heterocycles. The molecule has 2 atom stereocenters. The van der Waals surface area contributed by atoms with E-state index >= 15 is 4.39 Å². The number of halogens is 5. The third kappa shape index (κ3) is 5.52. The maximum absolute atomic E-state index is 15.7. The summed E-state index contributed by atoms with van der Waals surface area (Å²) in [5, 5.41) is 10.4. The molecule has 9 nitrogen and oxygen atoms in total. The number of aromatic carboxylic acids is 1. The number of alkyl halides is 2. The molecule has 5 aliphatic heterocycles. The van der Waals surface area contributed by atoms with Gasteiger partial charge in [-0.1, -0.05) is 41.4 Å². The van der Waals surface area contributed by atoms with Crippen LogP contribution in [0.25, 0.3) is 11.1 Å². The second-order valence-corrected chi connectivity index (χ2v) is 15.8. The summed E-state index contributed by atoms with van der Waals surface area (Å²) in [5.74, 6) is -4.41. The highest BCUT2D eigenvalue weighted by atomic mass is 35.5. The summed E-state index contributed by atoms with van der Waals surface area (Å²) in [6, 6.07) is 11.4. The molecule has 1 N–H and O–H groups in total. The van der Waals surface area contributed by atoms with Crippen molar-refractivity contribution in [3.8, 4) is 16.9 Å². The Morgan fingerprint density at radius 3 is 2.24 bits per heavy atom. The number of carboxylic acid groups (broad SMARTS) is 1. The van der Waals surface area contributed by atoms with Gasteiger partial charge in [0.15, 0.2) is 6.73 Å². The number of carbonyl (C=O) groups excluding carboxylic acids is 1. The van der Waals surface area contributed by atoms with Crippen LogP contribution < -0.4 is 14.5 Å². The first-order chi connectivity index (χ1) is 24.4. The number of para-hydroxylation sites is 1. The van der Waals surface area contributed by atoms with Crippen molar-refractivity contribution in [3.05, 3.63) is 75.0 Å². The van der Waals surface area contributed by atoms with Gasteiger partial charge in [-0.2, -0.15) is 0 Å². The molecule has 6 aliphatic rings. The summed E-state index contributed by atoms with van der Waals surface area (Å²) in [6.45, 7) is 4.12. The molecule has 0 radical (unpaired) electrons. The van der Waals surface area contributed by atoms with Crippen LogP contribution in [0.15, 0.2) is 42.5 Å². The third-order valence-corrected chi connectivity index (χ3v) is 12.2. The van der Waals surface area contributed by atoms with E-state index in [-0.39, 0.29) is 76.4 Å². The quantitative estimate of drug-likeness (QED) is 0.296. The van der Waals surface area contributed by atoms with Gasteiger partial charge in [-0.25, -0.2) is 18.0 Å². The van der Waals surface area contributed by atoms with Crippen molar-refractivity contribution in [3.63, 3.8) is 0 Å². The van der Waals surface area contributed by atoms with E-state index in [1.165, 1.54) is 4.90 Å². The zero-order chi connectivity index (χ0) is 35.4. The van der Waals surface area contributed by atoms with Crippen molar-refractivity contribution < 1.29 is 37.3 Å². The average Bonchev–Trinajstić information content (AvgIpc) is 3.28. The maximum Gasteiger partial charge on any atom is 0.337 e. The first kappa shape index (κ1) is 33.1. The van der Waals surface area contributed by atoms with E-state index in [0.717, 1.165) is 50.8 Å². The average molecular weight is 744 g/mol. The molecule has 1 aliphatic carbocycles. The lowest BCUT2D eigenvalue weighted by Gasteiger charge is -2.64. The number of hydrogen-bond acceptors (Lipinski definition) is 7. The standard InChI is InChI=1S/C37H35Cl2F3N4O5/c38-28-6-23(44-15-36(16-44)17-45(18-36)24-10-37(41,42)11-24)7-29(39)32(28)34(47)43-12-20-2-1-3-25(33(20)51-19-43)26-9-31(27(35(48)49)8-30(26)40)46-21-4-5-22(46)14-50-13-21/h1-3,6-9,21-22,24H,4-5,10-19H2,(H,48,49). The van der Waals surface area contributed by atoms with Crippen molar-refractivity contribution in [1.29, 1.82) is 0 Å². The van der Waals surface area contributed by atoms with Crippen molar-refractivity contribution in [2.75, 3.05) is 55.9 Å². The van der Waals surface area contributed by atoms with E-state index in [1.54, 1.807) is 36.4 Å². The number of fused-ring (bicyclic) bond motifs is 3. The van der Waals surface area contributed by atoms with Crippen LogP contribution in [0.2, 0.25) is 10.0 Å². The van der Waals surface area contributed by atoms with Crippen LogP contribution in [0.5, 0.6) is 5.75 Å². The van der Waals surface area contributed by atoms with Gasteiger partial charge in [0.1, 0.15) is 11.6 Å². The topological polar surface area (TPSA) is 85.8 Å². The Kier molecular flexibility index (Phi) is 7.74. The number of morpholine rings is 1. The molecule has 268 valence electrons. The number of anilines is 2. The molecular weight excluding hydrogens is 708 g/mol. The van der Waals surface area contributed by atoms with Gasteiger partial charge in [0.05, 0.1) is 58.7 Å². The lowest BCUT2D eigenvalue weighted by molar-refractivity contribution is -0.165. The third-order valence-electron chi connectivity index (χ3n) is 11.6. The molecule has 9 rings (SSSR count). The Morgan fingerprint density at radius 1 is 0.902 bits per heavy atom. The molecule has 5 fully saturated rings. The molecule has 14 heteroatoms. The van der Waals surface area contributed by atoms with Gasteiger partial charge in [-0.3, -0.25) is 9.69 Å². The highest BCUT2D eigenvalue weighted by Gasteiger charge is 2.58. The van der Waals surface area contributed by atoms with Crippen LogP contribution in [0.4, 0.5) is 24.5 Å². The summed E-state index contributed by atoms with van der Waals surface area (Å²) in [4.78, 5) is 33.9. The first-order valence-electron chi connectivity index (χ1n) is 17.2. The van der Waals surface area contributed by atoms with E-state index in [9.17, 15) is 23.5 Å². The zero-order valence-electron chi connectivity index (χ0n) is 27.5. The Labute approximate surface area is 302 Å². The van der Waals surface area contributed by atoms with E-state index in [0.29, 0.717) is 35.8 Å². The predicted molar refractivity (Wildman–Crippen MR) is 185 cm³/mol. The fourth-order valence-electron chi connectivity index (χ4n) is 9.00. The Balaban J connectivity index is 0.917. The van der Waals surface area contributed by atoms with Crippen molar-refractivity contribution >= 4 is 46.5 Å². The summed E-state index contributed by atoms with van der Waals surface area (Å²) in [7, 11) is 0. The maximum atomic E-state index is 15.7. The fourth-order valence-corrected chi connectivity index (χ4v) is 9.64. The van der Waals surface area contributed by atoms with Crippen LogP contribution in [0.1, 0.15) is 52.0 Å². The van der Waals surface area contributed by atoms with E-state index in [2.05, 4.69) is 14.7 Å². The van der Waals surface area contributed by atoms with Crippen LogP contribution in [-0.4, -0.2) is 97.0 Å². The molecule has 2 unspecified atom stereocenters. The van der Waals surface area contributed by atoms with Gasteiger partial charge in [-0.15, -0.1) is 0 Å². The van der Waals surface area contributed by atoms with Crippen molar-refractivity contribution in [1.82, 2.24) is 9.80 Å². The lowest BCUT2D eigenvalue weighted by atomic mass is 9.70. The van der Waals surface area contributed by atoms with Gasteiger partial charge < -0.3 is 29.3 Å². The van der Waals surface area contributed by atoms with Crippen LogP contribution in [0.3, 0.4) is 0 Å². The molecule has 3 aromatic rings. The lowest BCUT2D eigenvalue weighted by Crippen LogP contribution is -2.75. The summed E-state index contributed by atoms with van der Waals surface area (Å²) in [5.41, 5.74) is 2.72. The summed E-state index contributed by atoms with van der Waals surface area (Å²) >= 11 is 13.4. The molecule has 3 aromatic carbocycles. The highest BCUT2D eigenvalue weighted by Crippen LogP contribution is 2.50. The number of carbonyl (C=O) groups is 2. The van der Waals surface area contributed by atoms with Gasteiger partial charge in [0, 0.05) is 72.9 Å². The zero-order valence-corrected chi connectivity index (χ0v) is 29.0. The molecule has 4 saturated heterocycles. The Morgan fingerprint density at radius 2 is 1.59 bits per heavy atom. The minimum absolute atomic E-state index is 0.0155. The Bertz CT molecular complexity index is 1920. The number of rotatable bonds is 6. The smallest absolute Gasteiger partial charge is 0.337 e. The Hall–Kier alpha value is -3.71. The number of nitrogens with zero attached hydrogens (tertiary/aromatic N) is 4. The molecule has 1 spiro atoms. The molecular formula is C37H35Cl2F3N4O5. The SMILES string of the molecule is O=C(O)c1cc(F)c(-c2cccc3c2OCN(C(=O)c2c(Cl)cc(N4CC5(C4)CN(C4CC(F)(F)C4)C5)cc2Cl)C3)cc1N1C2CCC1COC2. The minimum Gasteiger partial charge on any atom is -0.478 e. The molecule has 2 bridgehead atoms. The van der Waals surface area contributed by atoms with Crippen molar-refractivity contribution in [2.45, 2.75) is 56.3 Å². The number of carboxylic acids is 1. The molecule has 5 heterocycles. The normalized spacial score (nSPS) is 24.8. The van der Waals surface area contributed by atoms with E-state index in [4.69, 9.17) is 32.7 Å². The van der Waals surface area contributed by atoms with Crippen LogP contribution in [0, 0.1) is 11.2 Å². The number of benzene rings is 3. The highest BCUT2D eigenvalue weighted by molar-refractivity contribution is 6.40. The second kappa shape index (κ2) is 11.9. The monoisotopic (exact) mass is 742 g/mol. The van der Waals surface area contributed by atoms with Gasteiger partial charge >= 0.3 is 5.97 Å². The van der Waals surface area contributed by atoms with E-state index in [1.807, 2.05) is 0 Å². The first-order valence-corrected chi connectivity index (χ1v) is 18.0. The summed E-state index contributed by atoms with van der Waals surface area (Å²) < 4.78 is 54.2. The molecule has 1 saturated carbocycles. The fraction of sp³-hybridized carbons (Fsp3) is 0.459. The van der Waals surface area contributed by atoms with Gasteiger partial charge in [0.25, 0.3) is 11.8 Å². The molecule has 51 heavy (non-hydrogen) atoms. The number of likely N-dealkylation sites (tertiary alicyclic amines) is 1. The van der Waals surface area contributed by atoms with Crippen LogP contribution in [-0.2, 0) is 11.3 Å². The number of hydrogen-bond donors (Lipinski definition) is 1. The second-order valence-electron chi connectivity index (χ2n) is 15.0. The van der Waals surface area contributed by atoms with Crippen molar-refractivity contribution in [2.24, 2.45) is 5.41 Å². The molecule has 1 amide bonds. The largest absolute Gasteiger partial charge is 0.478 e. The predicted octanol–water partition coefficient (Wildman–Crippen LogP) is 6.78. The number of amides is 1. The van der Waals surface area contributed by atoms with Gasteiger partial charge in [-0.05, 0) is 37.1 Å². The van der Waals surface area contributed by atoms with Gasteiger partial charge in [0.2, 0.25) is 0 Å². The van der Waals surface area contributed by atoms with Crippen LogP contribution >= 0.6 is 23.2 Å². The van der Waals surface area contributed by atoms with E-state index < -0.39 is 23.6 Å². The minimum atomic E-state index is -2.52. The summed E-state index contributed by atoms with van der Waals surface area (Å²) in [6.07, 6.45) is 1.62.